The van der Waals surface area contributed by atoms with Crippen LogP contribution in [0.1, 0.15) is 88.5 Å². The number of unbranched alkanes of at least 4 members (excludes halogenated alkanes) is 1. The Kier molecular flexibility index (Phi) is 13.9. The maximum atomic E-state index is 14.2. The first-order chi connectivity index (χ1) is 18.7. The van der Waals surface area contributed by atoms with Gasteiger partial charge in [-0.1, -0.05) is 13.3 Å². The maximum absolute atomic E-state index is 14.2. The van der Waals surface area contributed by atoms with Gasteiger partial charge in [0.1, 0.15) is 11.5 Å². The fourth-order valence-corrected chi connectivity index (χ4v) is 5.83. The molecule has 0 aromatic heterocycles. The summed E-state index contributed by atoms with van der Waals surface area (Å²) in [4.78, 5) is 50.0. The van der Waals surface area contributed by atoms with Crippen LogP contribution in [0.5, 0.6) is 0 Å². The summed E-state index contributed by atoms with van der Waals surface area (Å²) in [6.07, 6.45) is 2.07. The van der Waals surface area contributed by atoms with Gasteiger partial charge in [-0.3, -0.25) is 28.0 Å². The third kappa shape index (κ3) is 12.4. The number of hydrogen-bond acceptors (Lipinski definition) is 13. The summed E-state index contributed by atoms with van der Waals surface area (Å²) in [6.45, 7) is 14.9. The lowest BCUT2D eigenvalue weighted by atomic mass is 9.97. The number of carbonyl (C=O) groups excluding carboxylic acids is 4. The Morgan fingerprint density at radius 2 is 1.22 bits per heavy atom. The molecule has 0 unspecified atom stereocenters. The molecule has 0 saturated heterocycles. The third-order valence-electron chi connectivity index (χ3n) is 5.37. The largest absolute Gasteiger partial charge is 0.438 e. The lowest BCUT2D eigenvalue weighted by Crippen LogP contribution is -2.43. The molecule has 0 aromatic rings. The van der Waals surface area contributed by atoms with Crippen molar-refractivity contribution in [3.05, 3.63) is 10.3 Å². The molecular formula is C27H46NO11PS. The molecule has 14 heteroatoms. The molecule has 1 aliphatic heterocycles. The van der Waals surface area contributed by atoms with E-state index in [0.717, 1.165) is 12.8 Å². The zero-order chi connectivity index (χ0) is 31.6. The van der Waals surface area contributed by atoms with E-state index in [-0.39, 0.29) is 11.2 Å². The number of rotatable bonds is 13. The predicted molar refractivity (Wildman–Crippen MR) is 153 cm³/mol. The van der Waals surface area contributed by atoms with Gasteiger partial charge in [0, 0.05) is 10.7 Å². The minimum absolute atomic E-state index is 0.0190. The first-order valence-electron chi connectivity index (χ1n) is 13.4. The molecule has 41 heavy (non-hydrogen) atoms. The van der Waals surface area contributed by atoms with Crippen molar-refractivity contribution in [2.75, 3.05) is 26.1 Å². The van der Waals surface area contributed by atoms with Gasteiger partial charge in [-0.25, -0.2) is 4.79 Å². The van der Waals surface area contributed by atoms with Crippen LogP contribution >= 0.6 is 19.4 Å². The van der Waals surface area contributed by atoms with Gasteiger partial charge in [0.15, 0.2) is 0 Å². The SMILES string of the molecule is CCCCC1=C(P(=O)(OCOC(=O)C(C)(C)C)OCOC(=O)C(C)(C)C)N[C@H](C(=O)OCOC(=O)C(C)(C)C)CS1. The average Bonchev–Trinajstić information content (AvgIpc) is 2.85. The van der Waals surface area contributed by atoms with Crippen LogP contribution in [0.25, 0.3) is 0 Å². The molecule has 0 amide bonds. The highest BCUT2D eigenvalue weighted by Crippen LogP contribution is 2.59. The van der Waals surface area contributed by atoms with Crippen LogP contribution in [0.4, 0.5) is 0 Å². The Hall–Kier alpha value is -2.08. The monoisotopic (exact) mass is 623 g/mol. The fraction of sp³-hybridized carbons (Fsp3) is 0.778. The molecule has 1 rings (SSSR count). The standard InChI is InChI=1S/C27H46NO11PS/c1-11-12-13-19-20(28-18(14-41-19)21(29)34-15-35-22(30)25(2,3)4)40(33,38-16-36-23(31)26(5,6)7)39-17-37-24(32)27(8,9)10/h18,28H,11-17H2,1-10H3/t18-/m0/s1. The Morgan fingerprint density at radius 1 is 0.780 bits per heavy atom. The van der Waals surface area contributed by atoms with Crippen LogP contribution in [0.3, 0.4) is 0 Å². The van der Waals surface area contributed by atoms with Crippen LogP contribution < -0.4 is 5.32 Å². The van der Waals surface area contributed by atoms with E-state index in [1.54, 1.807) is 62.3 Å². The summed E-state index contributed by atoms with van der Waals surface area (Å²) in [5.41, 5.74) is -2.48. The van der Waals surface area contributed by atoms with E-state index in [1.807, 2.05) is 6.92 Å². The molecule has 0 fully saturated rings. The summed E-state index contributed by atoms with van der Waals surface area (Å²) in [7, 11) is -4.35. The van der Waals surface area contributed by atoms with Crippen LogP contribution in [0.15, 0.2) is 10.3 Å². The molecule has 1 N–H and O–H groups in total. The number of esters is 4. The van der Waals surface area contributed by atoms with Crippen molar-refractivity contribution >= 4 is 43.2 Å². The van der Waals surface area contributed by atoms with E-state index >= 15 is 0 Å². The van der Waals surface area contributed by atoms with Gasteiger partial charge in [0.25, 0.3) is 0 Å². The number of thioether (sulfide) groups is 1. The number of ether oxygens (including phenoxy) is 4. The minimum Gasteiger partial charge on any atom is -0.438 e. The van der Waals surface area contributed by atoms with Gasteiger partial charge in [0.05, 0.1) is 16.2 Å². The van der Waals surface area contributed by atoms with Crippen molar-refractivity contribution in [2.45, 2.75) is 94.5 Å². The highest BCUT2D eigenvalue weighted by molar-refractivity contribution is 8.03. The van der Waals surface area contributed by atoms with Gasteiger partial charge in [0.2, 0.25) is 20.4 Å². The molecule has 0 saturated carbocycles. The van der Waals surface area contributed by atoms with Crippen molar-refractivity contribution in [1.29, 1.82) is 0 Å². The smallest absolute Gasteiger partial charge is 0.383 e. The van der Waals surface area contributed by atoms with Gasteiger partial charge in [-0.05, 0) is 75.2 Å². The topological polar surface area (TPSA) is 153 Å². The molecule has 12 nitrogen and oxygen atoms in total. The second-order valence-electron chi connectivity index (χ2n) is 12.5. The first kappa shape index (κ1) is 36.9. The second kappa shape index (κ2) is 15.4. The van der Waals surface area contributed by atoms with Gasteiger partial charge in [-0.15, -0.1) is 11.8 Å². The summed E-state index contributed by atoms with van der Waals surface area (Å²) >= 11 is 1.27. The molecule has 1 atom stereocenters. The van der Waals surface area contributed by atoms with E-state index < -0.39 is 74.1 Å². The van der Waals surface area contributed by atoms with Crippen molar-refractivity contribution < 1.29 is 51.7 Å². The summed E-state index contributed by atoms with van der Waals surface area (Å²) in [5.74, 6) is -2.26. The van der Waals surface area contributed by atoms with Gasteiger partial charge >= 0.3 is 31.5 Å². The zero-order valence-corrected chi connectivity index (χ0v) is 27.6. The first-order valence-corrected chi connectivity index (χ1v) is 16.0. The van der Waals surface area contributed by atoms with E-state index in [0.29, 0.717) is 11.3 Å². The molecule has 0 radical (unpaired) electrons. The molecular weight excluding hydrogens is 577 g/mol. The third-order valence-corrected chi connectivity index (χ3v) is 8.61. The lowest BCUT2D eigenvalue weighted by Gasteiger charge is -2.31. The number of carbonyl (C=O) groups is 4. The highest BCUT2D eigenvalue weighted by Gasteiger charge is 2.41. The van der Waals surface area contributed by atoms with E-state index in [1.165, 1.54) is 11.8 Å². The molecule has 0 spiro atoms. The Balaban J connectivity index is 3.20. The van der Waals surface area contributed by atoms with E-state index in [4.69, 9.17) is 28.0 Å². The van der Waals surface area contributed by atoms with Crippen LogP contribution in [0, 0.1) is 16.2 Å². The maximum Gasteiger partial charge on any atom is 0.383 e. The predicted octanol–water partition coefficient (Wildman–Crippen LogP) is 5.46. The second-order valence-corrected chi connectivity index (χ2v) is 15.6. The normalized spacial score (nSPS) is 16.5. The molecule has 0 aromatic carbocycles. The Morgan fingerprint density at radius 3 is 1.63 bits per heavy atom. The average molecular weight is 624 g/mol. The van der Waals surface area contributed by atoms with Crippen molar-refractivity contribution in [1.82, 2.24) is 5.32 Å². The fourth-order valence-electron chi connectivity index (χ4n) is 2.78. The molecule has 1 aliphatic rings. The Bertz CT molecular complexity index is 986. The highest BCUT2D eigenvalue weighted by atomic mass is 32.2. The summed E-state index contributed by atoms with van der Waals surface area (Å²) in [6, 6.07) is -0.997. The van der Waals surface area contributed by atoms with Crippen molar-refractivity contribution in [2.24, 2.45) is 16.2 Å². The van der Waals surface area contributed by atoms with Crippen LogP contribution in [-0.2, 0) is 51.7 Å². The van der Waals surface area contributed by atoms with E-state index in [2.05, 4.69) is 5.32 Å². The number of hydrogen-bond donors (Lipinski definition) is 1. The van der Waals surface area contributed by atoms with Crippen molar-refractivity contribution in [3.63, 3.8) is 0 Å². The summed E-state index contributed by atoms with van der Waals surface area (Å²) in [5, 5.41) is 2.91. The van der Waals surface area contributed by atoms with Crippen LogP contribution in [0.2, 0.25) is 0 Å². The van der Waals surface area contributed by atoms with Gasteiger partial charge in [-0.2, -0.15) is 0 Å². The number of nitrogens with one attached hydrogen (secondary N) is 1. The molecule has 1 heterocycles. The number of allylic oxidation sites excluding steroid dienone is 1. The summed E-state index contributed by atoms with van der Waals surface area (Å²) < 4.78 is 45.7. The van der Waals surface area contributed by atoms with Gasteiger partial charge < -0.3 is 24.3 Å². The van der Waals surface area contributed by atoms with E-state index in [9.17, 15) is 23.7 Å². The molecule has 0 aliphatic carbocycles. The van der Waals surface area contributed by atoms with Crippen LogP contribution in [-0.4, -0.2) is 56.1 Å². The minimum atomic E-state index is -4.35. The van der Waals surface area contributed by atoms with Crippen molar-refractivity contribution in [3.8, 4) is 0 Å². The molecule has 0 bridgehead atoms. The molecule has 236 valence electrons. The lowest BCUT2D eigenvalue weighted by molar-refractivity contribution is -0.174. The quantitative estimate of drug-likeness (QED) is 0.120. The zero-order valence-electron chi connectivity index (χ0n) is 25.9. The Labute approximate surface area is 247 Å².